The van der Waals surface area contributed by atoms with Gasteiger partial charge < -0.3 is 5.32 Å². The summed E-state index contributed by atoms with van der Waals surface area (Å²) in [4.78, 5) is 1.98. The van der Waals surface area contributed by atoms with Crippen molar-refractivity contribution < 1.29 is 17.6 Å². The van der Waals surface area contributed by atoms with Crippen LogP contribution < -0.4 is 5.32 Å². The Morgan fingerprint density at radius 2 is 2.10 bits per heavy atom. The molecule has 0 spiro atoms. The highest BCUT2D eigenvalue weighted by Crippen LogP contribution is 2.33. The third kappa shape index (κ3) is 3.70. The van der Waals surface area contributed by atoms with Crippen molar-refractivity contribution in [1.29, 1.82) is 0 Å². The fourth-order valence-corrected chi connectivity index (χ4v) is 2.63. The summed E-state index contributed by atoms with van der Waals surface area (Å²) in [5.74, 6) is -0.854. The van der Waals surface area contributed by atoms with Gasteiger partial charge in [0.15, 0.2) is 0 Å². The summed E-state index contributed by atoms with van der Waals surface area (Å²) in [7, 11) is 1.85. The lowest BCUT2D eigenvalue weighted by molar-refractivity contribution is -0.138. The summed E-state index contributed by atoms with van der Waals surface area (Å²) in [5.41, 5.74) is -0.736. The van der Waals surface area contributed by atoms with Crippen molar-refractivity contribution in [2.24, 2.45) is 0 Å². The van der Waals surface area contributed by atoms with Crippen LogP contribution in [0.25, 0.3) is 0 Å². The lowest BCUT2D eigenvalue weighted by Crippen LogP contribution is -2.44. The average Bonchev–Trinajstić information content (AvgIpc) is 2.40. The number of rotatable bonds is 3. The SMILES string of the molecule is CNC1CCCN(Cc2ccc(F)cc2C(F)(F)F)C1. The van der Waals surface area contributed by atoms with Crippen LogP contribution in [0.1, 0.15) is 24.0 Å². The van der Waals surface area contributed by atoms with Crippen molar-refractivity contribution in [1.82, 2.24) is 10.2 Å². The Labute approximate surface area is 115 Å². The Hall–Kier alpha value is -1.14. The van der Waals surface area contributed by atoms with E-state index < -0.39 is 17.6 Å². The van der Waals surface area contributed by atoms with E-state index in [0.717, 1.165) is 25.5 Å². The molecule has 1 aromatic carbocycles. The van der Waals surface area contributed by atoms with Crippen molar-refractivity contribution >= 4 is 0 Å². The van der Waals surface area contributed by atoms with Gasteiger partial charge in [0, 0.05) is 19.1 Å². The molecule has 0 saturated carbocycles. The number of hydrogen-bond donors (Lipinski definition) is 1. The zero-order valence-corrected chi connectivity index (χ0v) is 11.3. The molecule has 1 saturated heterocycles. The smallest absolute Gasteiger partial charge is 0.316 e. The molecule has 1 heterocycles. The van der Waals surface area contributed by atoms with Gasteiger partial charge in [-0.1, -0.05) is 6.07 Å². The molecule has 112 valence electrons. The summed E-state index contributed by atoms with van der Waals surface area (Å²) >= 11 is 0. The summed E-state index contributed by atoms with van der Waals surface area (Å²) in [6.07, 6.45) is -2.54. The van der Waals surface area contributed by atoms with Crippen LogP contribution in [0.15, 0.2) is 18.2 Å². The largest absolute Gasteiger partial charge is 0.416 e. The van der Waals surface area contributed by atoms with Gasteiger partial charge in [-0.2, -0.15) is 13.2 Å². The van der Waals surface area contributed by atoms with E-state index in [9.17, 15) is 17.6 Å². The van der Waals surface area contributed by atoms with E-state index in [1.165, 1.54) is 6.07 Å². The van der Waals surface area contributed by atoms with Crippen LogP contribution in [0.4, 0.5) is 17.6 Å². The molecule has 20 heavy (non-hydrogen) atoms. The first-order valence-corrected chi connectivity index (χ1v) is 6.65. The van der Waals surface area contributed by atoms with Crippen LogP contribution in [0.2, 0.25) is 0 Å². The molecule has 1 aliphatic rings. The van der Waals surface area contributed by atoms with Crippen LogP contribution in [-0.2, 0) is 12.7 Å². The second-order valence-electron chi connectivity index (χ2n) is 5.16. The molecule has 0 bridgehead atoms. The number of nitrogens with zero attached hydrogens (tertiary/aromatic N) is 1. The van der Waals surface area contributed by atoms with Crippen molar-refractivity contribution in [3.05, 3.63) is 35.1 Å². The Morgan fingerprint density at radius 1 is 1.35 bits per heavy atom. The summed E-state index contributed by atoms with van der Waals surface area (Å²) < 4.78 is 51.8. The van der Waals surface area contributed by atoms with E-state index in [1.807, 2.05) is 11.9 Å². The van der Waals surface area contributed by atoms with Gasteiger partial charge in [0.1, 0.15) is 5.82 Å². The first-order valence-electron chi connectivity index (χ1n) is 6.65. The van der Waals surface area contributed by atoms with Gasteiger partial charge in [-0.3, -0.25) is 4.90 Å². The summed E-state index contributed by atoms with van der Waals surface area (Å²) in [6.45, 7) is 1.69. The van der Waals surface area contributed by atoms with Gasteiger partial charge in [0.2, 0.25) is 0 Å². The maximum absolute atomic E-state index is 13.0. The van der Waals surface area contributed by atoms with Crippen molar-refractivity contribution in [3.8, 4) is 0 Å². The van der Waals surface area contributed by atoms with E-state index in [2.05, 4.69) is 5.32 Å². The number of likely N-dealkylation sites (tertiary alicyclic amines) is 1. The molecule has 0 amide bonds. The Kier molecular flexibility index (Phi) is 4.65. The summed E-state index contributed by atoms with van der Waals surface area (Å²) in [6, 6.07) is 3.21. The van der Waals surface area contributed by atoms with Crippen LogP contribution in [0.5, 0.6) is 0 Å². The Balaban J connectivity index is 2.16. The molecule has 1 aliphatic heterocycles. The van der Waals surface area contributed by atoms with E-state index in [0.29, 0.717) is 18.7 Å². The van der Waals surface area contributed by atoms with E-state index in [-0.39, 0.29) is 12.1 Å². The van der Waals surface area contributed by atoms with Crippen molar-refractivity contribution in [2.45, 2.75) is 31.6 Å². The van der Waals surface area contributed by atoms with Crippen LogP contribution in [-0.4, -0.2) is 31.1 Å². The lowest BCUT2D eigenvalue weighted by Gasteiger charge is -2.33. The zero-order valence-electron chi connectivity index (χ0n) is 11.3. The lowest BCUT2D eigenvalue weighted by atomic mass is 10.0. The minimum atomic E-state index is -4.52. The molecule has 1 N–H and O–H groups in total. The number of alkyl halides is 3. The van der Waals surface area contributed by atoms with Gasteiger partial charge in [0.05, 0.1) is 5.56 Å². The predicted molar refractivity (Wildman–Crippen MR) is 68.8 cm³/mol. The molecular weight excluding hydrogens is 272 g/mol. The summed E-state index contributed by atoms with van der Waals surface area (Å²) in [5, 5.41) is 3.15. The van der Waals surface area contributed by atoms with Crippen LogP contribution in [0, 0.1) is 5.82 Å². The van der Waals surface area contributed by atoms with Crippen LogP contribution >= 0.6 is 0 Å². The fourth-order valence-electron chi connectivity index (χ4n) is 2.63. The number of benzene rings is 1. The Morgan fingerprint density at radius 3 is 2.75 bits per heavy atom. The number of piperidine rings is 1. The quantitative estimate of drug-likeness (QED) is 0.861. The first kappa shape index (κ1) is 15.3. The number of hydrogen-bond acceptors (Lipinski definition) is 2. The van der Waals surface area contributed by atoms with Crippen molar-refractivity contribution in [3.63, 3.8) is 0 Å². The molecule has 1 fully saturated rings. The minimum absolute atomic E-state index is 0.135. The normalized spacial score (nSPS) is 21.1. The van der Waals surface area contributed by atoms with Gasteiger partial charge in [-0.15, -0.1) is 0 Å². The maximum Gasteiger partial charge on any atom is 0.416 e. The minimum Gasteiger partial charge on any atom is -0.316 e. The highest BCUT2D eigenvalue weighted by molar-refractivity contribution is 5.30. The monoisotopic (exact) mass is 290 g/mol. The first-order chi connectivity index (χ1) is 9.40. The molecule has 2 nitrogen and oxygen atoms in total. The predicted octanol–water partition coefficient (Wildman–Crippen LogP) is 3.03. The molecule has 0 aliphatic carbocycles. The van der Waals surface area contributed by atoms with E-state index >= 15 is 0 Å². The number of nitrogens with one attached hydrogen (secondary N) is 1. The molecule has 1 aromatic rings. The van der Waals surface area contributed by atoms with Gasteiger partial charge >= 0.3 is 6.18 Å². The highest BCUT2D eigenvalue weighted by Gasteiger charge is 2.34. The third-order valence-electron chi connectivity index (χ3n) is 3.69. The molecule has 1 unspecified atom stereocenters. The number of likely N-dealkylation sites (N-methyl/N-ethyl adjacent to an activating group) is 1. The average molecular weight is 290 g/mol. The molecular formula is C14H18F4N2. The molecule has 1 atom stereocenters. The second kappa shape index (κ2) is 6.10. The fraction of sp³-hybridized carbons (Fsp3) is 0.571. The van der Waals surface area contributed by atoms with Crippen molar-refractivity contribution in [2.75, 3.05) is 20.1 Å². The van der Waals surface area contributed by atoms with Gasteiger partial charge in [-0.05, 0) is 44.1 Å². The van der Waals surface area contributed by atoms with Gasteiger partial charge in [0.25, 0.3) is 0 Å². The standard InChI is InChI=1S/C14H18F4N2/c1-19-12-3-2-6-20(9-12)8-10-4-5-11(15)7-13(10)14(16,17)18/h4-5,7,12,19H,2-3,6,8-9H2,1H3. The second-order valence-corrected chi connectivity index (χ2v) is 5.16. The molecule has 2 rings (SSSR count). The van der Waals surface area contributed by atoms with Gasteiger partial charge in [-0.25, -0.2) is 4.39 Å². The molecule has 0 radical (unpaired) electrons. The van der Waals surface area contributed by atoms with E-state index in [1.54, 1.807) is 0 Å². The Bertz CT molecular complexity index is 459. The topological polar surface area (TPSA) is 15.3 Å². The third-order valence-corrected chi connectivity index (χ3v) is 3.69. The zero-order chi connectivity index (χ0) is 14.8. The number of halogens is 4. The highest BCUT2D eigenvalue weighted by atomic mass is 19.4. The van der Waals surface area contributed by atoms with E-state index in [4.69, 9.17) is 0 Å². The molecule has 0 aromatic heterocycles. The van der Waals surface area contributed by atoms with Crippen LogP contribution in [0.3, 0.4) is 0 Å². The molecule has 6 heteroatoms. The maximum atomic E-state index is 13.0.